The zero-order valence-electron chi connectivity index (χ0n) is 13.7. The third-order valence-corrected chi connectivity index (χ3v) is 3.95. The molecule has 2 aromatic carbocycles. The molecule has 0 aliphatic carbocycles. The highest BCUT2D eigenvalue weighted by Gasteiger charge is 2.34. The van der Waals surface area contributed by atoms with Crippen LogP contribution in [-0.4, -0.2) is 15.5 Å². The largest absolute Gasteiger partial charge is 0.417 e. The van der Waals surface area contributed by atoms with E-state index in [1.165, 1.54) is 18.2 Å². The molecule has 1 N–H and O–H groups in total. The molecule has 134 valence electrons. The molecule has 1 amide bonds. The normalized spacial score (nSPS) is 11.3. The average Bonchev–Trinajstić information content (AvgIpc) is 3.13. The molecule has 7 heteroatoms. The molecule has 0 aliphatic heterocycles. The molecule has 0 atom stereocenters. The van der Waals surface area contributed by atoms with Crippen molar-refractivity contribution in [2.75, 3.05) is 0 Å². The number of nitrogens with one attached hydrogen (secondary N) is 1. The van der Waals surface area contributed by atoms with E-state index in [1.807, 2.05) is 35.0 Å². The van der Waals surface area contributed by atoms with Gasteiger partial charge in [-0.05, 0) is 23.3 Å². The molecule has 0 unspecified atom stereocenters. The topological polar surface area (TPSA) is 46.9 Å². The number of carbonyl (C=O) groups is 1. The van der Waals surface area contributed by atoms with E-state index in [0.717, 1.165) is 17.2 Å². The van der Waals surface area contributed by atoms with Gasteiger partial charge in [0.1, 0.15) is 0 Å². The molecule has 0 bridgehead atoms. The predicted molar refractivity (Wildman–Crippen MR) is 90.4 cm³/mol. The van der Waals surface area contributed by atoms with Gasteiger partial charge in [0.15, 0.2) is 0 Å². The Bertz CT molecular complexity index is 889. The van der Waals surface area contributed by atoms with E-state index in [9.17, 15) is 18.0 Å². The summed E-state index contributed by atoms with van der Waals surface area (Å²) in [6.45, 7) is 0.696. The van der Waals surface area contributed by atoms with Crippen LogP contribution in [0.2, 0.25) is 0 Å². The Balaban J connectivity index is 1.75. The van der Waals surface area contributed by atoms with Crippen molar-refractivity contribution in [3.05, 3.63) is 89.5 Å². The molecule has 0 spiro atoms. The number of nitrogens with zero attached hydrogens (tertiary/aromatic N) is 2. The zero-order chi connectivity index (χ0) is 18.6. The second kappa shape index (κ2) is 7.43. The molecule has 0 radical (unpaired) electrons. The van der Waals surface area contributed by atoms with Crippen molar-refractivity contribution < 1.29 is 18.0 Å². The van der Waals surface area contributed by atoms with Gasteiger partial charge < -0.3 is 9.88 Å². The highest BCUT2D eigenvalue weighted by molar-refractivity contribution is 5.95. The van der Waals surface area contributed by atoms with Crippen LogP contribution in [0.4, 0.5) is 13.2 Å². The second-order valence-electron chi connectivity index (χ2n) is 5.73. The van der Waals surface area contributed by atoms with E-state index in [-0.39, 0.29) is 12.1 Å². The van der Waals surface area contributed by atoms with Gasteiger partial charge in [0.05, 0.1) is 17.5 Å². The van der Waals surface area contributed by atoms with E-state index in [0.29, 0.717) is 6.54 Å². The molecular formula is C19H16F3N3O. The quantitative estimate of drug-likeness (QED) is 0.752. The number of halogens is 3. The lowest BCUT2D eigenvalue weighted by atomic mass is 10.1. The number of amides is 1. The molecule has 0 fully saturated rings. The number of rotatable bonds is 5. The van der Waals surface area contributed by atoms with E-state index in [2.05, 4.69) is 10.3 Å². The third kappa shape index (κ3) is 4.11. The van der Waals surface area contributed by atoms with Crippen molar-refractivity contribution >= 4 is 5.91 Å². The number of imidazole rings is 1. The van der Waals surface area contributed by atoms with Gasteiger partial charge in [-0.1, -0.05) is 36.4 Å². The van der Waals surface area contributed by atoms with Gasteiger partial charge in [0, 0.05) is 25.5 Å². The first-order valence-corrected chi connectivity index (χ1v) is 7.92. The molecule has 0 saturated carbocycles. The lowest BCUT2D eigenvalue weighted by Gasteiger charge is -2.14. The van der Waals surface area contributed by atoms with Crippen LogP contribution in [0.25, 0.3) is 0 Å². The van der Waals surface area contributed by atoms with Crippen molar-refractivity contribution in [1.29, 1.82) is 0 Å². The fraction of sp³-hybridized carbons (Fsp3) is 0.158. The first-order chi connectivity index (χ1) is 12.4. The number of hydrogen-bond donors (Lipinski definition) is 1. The fourth-order valence-electron chi connectivity index (χ4n) is 2.66. The van der Waals surface area contributed by atoms with E-state index in [1.54, 1.807) is 12.5 Å². The Morgan fingerprint density at radius 3 is 2.42 bits per heavy atom. The lowest BCUT2D eigenvalue weighted by molar-refractivity contribution is -0.137. The number of carbonyl (C=O) groups excluding carboxylic acids is 1. The Labute approximate surface area is 148 Å². The molecule has 0 aliphatic rings. The van der Waals surface area contributed by atoms with Crippen LogP contribution in [0.15, 0.2) is 67.3 Å². The van der Waals surface area contributed by atoms with Crippen molar-refractivity contribution in [3.63, 3.8) is 0 Å². The van der Waals surface area contributed by atoms with Gasteiger partial charge in [-0.25, -0.2) is 4.98 Å². The van der Waals surface area contributed by atoms with Crippen LogP contribution in [-0.2, 0) is 19.3 Å². The van der Waals surface area contributed by atoms with Gasteiger partial charge in [0.2, 0.25) is 0 Å². The van der Waals surface area contributed by atoms with E-state index >= 15 is 0 Å². The number of benzene rings is 2. The monoisotopic (exact) mass is 359 g/mol. The second-order valence-corrected chi connectivity index (χ2v) is 5.73. The summed E-state index contributed by atoms with van der Waals surface area (Å²) in [6.07, 6.45) is 0.579. The summed E-state index contributed by atoms with van der Waals surface area (Å²) >= 11 is 0. The summed E-state index contributed by atoms with van der Waals surface area (Å²) < 4.78 is 41.1. The Kier molecular flexibility index (Phi) is 5.06. The van der Waals surface area contributed by atoms with Crippen LogP contribution >= 0.6 is 0 Å². The molecule has 3 rings (SSSR count). The maximum absolute atomic E-state index is 13.1. The molecule has 1 heterocycles. The minimum atomic E-state index is -4.58. The summed E-state index contributed by atoms with van der Waals surface area (Å²) in [6, 6.07) is 12.2. The van der Waals surface area contributed by atoms with E-state index in [4.69, 9.17) is 0 Å². The summed E-state index contributed by atoms with van der Waals surface area (Å²) in [5.74, 6) is -0.754. The smallest absolute Gasteiger partial charge is 0.348 e. The lowest BCUT2D eigenvalue weighted by Crippen LogP contribution is -2.26. The summed E-state index contributed by atoms with van der Waals surface area (Å²) in [4.78, 5) is 16.3. The first kappa shape index (κ1) is 17.7. The zero-order valence-corrected chi connectivity index (χ0v) is 13.7. The standard InChI is InChI=1S/C19H16F3N3O/c20-19(21,22)17-8-4-3-7-16(17)18(26)24-11-14-5-1-2-6-15(14)12-25-10-9-23-13-25/h1-10,13H,11-12H2,(H,24,26). The molecule has 4 nitrogen and oxygen atoms in total. The Morgan fingerprint density at radius 1 is 1.04 bits per heavy atom. The summed E-state index contributed by atoms with van der Waals surface area (Å²) in [5, 5.41) is 2.58. The fourth-order valence-corrected chi connectivity index (χ4v) is 2.66. The van der Waals surface area contributed by atoms with Crippen LogP contribution in [0, 0.1) is 0 Å². The van der Waals surface area contributed by atoms with Gasteiger partial charge in [-0.2, -0.15) is 13.2 Å². The third-order valence-electron chi connectivity index (χ3n) is 3.95. The summed E-state index contributed by atoms with van der Waals surface area (Å²) in [7, 11) is 0. The predicted octanol–water partition coefficient (Wildman–Crippen LogP) is 3.88. The maximum Gasteiger partial charge on any atom is 0.417 e. The van der Waals surface area contributed by atoms with Crippen LogP contribution in [0.3, 0.4) is 0 Å². The molecule has 0 saturated heterocycles. The minimum Gasteiger partial charge on any atom is -0.348 e. The average molecular weight is 359 g/mol. The maximum atomic E-state index is 13.1. The van der Waals surface area contributed by atoms with Crippen molar-refractivity contribution in [1.82, 2.24) is 14.9 Å². The molecule has 1 aromatic heterocycles. The highest BCUT2D eigenvalue weighted by Crippen LogP contribution is 2.31. The number of aromatic nitrogens is 2. The first-order valence-electron chi connectivity index (χ1n) is 7.92. The van der Waals surface area contributed by atoms with Crippen molar-refractivity contribution in [2.45, 2.75) is 19.3 Å². The SMILES string of the molecule is O=C(NCc1ccccc1Cn1ccnc1)c1ccccc1C(F)(F)F. The van der Waals surface area contributed by atoms with Gasteiger partial charge in [-0.3, -0.25) is 4.79 Å². The number of alkyl halides is 3. The van der Waals surface area contributed by atoms with Crippen molar-refractivity contribution in [3.8, 4) is 0 Å². The van der Waals surface area contributed by atoms with Crippen molar-refractivity contribution in [2.24, 2.45) is 0 Å². The van der Waals surface area contributed by atoms with E-state index < -0.39 is 17.6 Å². The molecule has 3 aromatic rings. The highest BCUT2D eigenvalue weighted by atomic mass is 19.4. The number of hydrogen-bond acceptors (Lipinski definition) is 2. The van der Waals surface area contributed by atoms with Crippen LogP contribution < -0.4 is 5.32 Å². The van der Waals surface area contributed by atoms with Gasteiger partial charge in [-0.15, -0.1) is 0 Å². The minimum absolute atomic E-state index is 0.135. The molecular weight excluding hydrogens is 343 g/mol. The summed E-state index contributed by atoms with van der Waals surface area (Å²) in [5.41, 5.74) is 0.463. The van der Waals surface area contributed by atoms with Crippen LogP contribution in [0.5, 0.6) is 0 Å². The van der Waals surface area contributed by atoms with Crippen LogP contribution in [0.1, 0.15) is 27.0 Å². The van der Waals surface area contributed by atoms with Gasteiger partial charge >= 0.3 is 6.18 Å². The molecule has 26 heavy (non-hydrogen) atoms. The Morgan fingerprint density at radius 2 is 1.73 bits per heavy atom. The Hall–Kier alpha value is -3.09. The van der Waals surface area contributed by atoms with Gasteiger partial charge in [0.25, 0.3) is 5.91 Å².